The van der Waals surface area contributed by atoms with E-state index in [0.29, 0.717) is 22.7 Å². The van der Waals surface area contributed by atoms with Gasteiger partial charge in [-0.1, -0.05) is 17.7 Å². The first kappa shape index (κ1) is 14.6. The number of aromatic nitrogens is 3. The molecule has 0 aliphatic heterocycles. The van der Waals surface area contributed by atoms with Crippen LogP contribution >= 0.6 is 11.6 Å². The van der Waals surface area contributed by atoms with E-state index in [1.165, 1.54) is 24.0 Å². The van der Waals surface area contributed by atoms with Crippen molar-refractivity contribution in [2.45, 2.75) is 6.18 Å². The van der Waals surface area contributed by atoms with Crippen LogP contribution in [0, 0.1) is 0 Å². The van der Waals surface area contributed by atoms with Gasteiger partial charge in [-0.2, -0.15) is 18.3 Å². The van der Waals surface area contributed by atoms with E-state index in [2.05, 4.69) is 10.1 Å². The number of pyridine rings is 1. The van der Waals surface area contributed by atoms with E-state index in [4.69, 9.17) is 16.3 Å². The number of fused-ring (bicyclic) bond motifs is 1. The van der Waals surface area contributed by atoms with Gasteiger partial charge >= 0.3 is 6.18 Å². The monoisotopic (exact) mass is 327 g/mol. The summed E-state index contributed by atoms with van der Waals surface area (Å²) < 4.78 is 44.7. The summed E-state index contributed by atoms with van der Waals surface area (Å²) in [5.74, 6) is 0.504. The highest BCUT2D eigenvalue weighted by atomic mass is 35.5. The Morgan fingerprint density at radius 3 is 2.59 bits per heavy atom. The molecule has 1 aromatic carbocycles. The third-order valence-corrected chi connectivity index (χ3v) is 3.49. The van der Waals surface area contributed by atoms with Crippen LogP contribution in [0.4, 0.5) is 13.2 Å². The number of rotatable bonds is 2. The molecule has 0 N–H and O–H groups in total. The predicted molar refractivity (Wildman–Crippen MR) is 75.0 cm³/mol. The molecule has 4 nitrogen and oxygen atoms in total. The number of alkyl halides is 3. The number of ether oxygens (including phenoxy) is 1. The number of hydrogen-bond acceptors (Lipinski definition) is 3. The number of halogens is 4. The maximum atomic E-state index is 12.7. The van der Waals surface area contributed by atoms with Gasteiger partial charge in [0.05, 0.1) is 23.4 Å². The zero-order valence-corrected chi connectivity index (χ0v) is 12.0. The van der Waals surface area contributed by atoms with Crippen molar-refractivity contribution in [1.29, 1.82) is 0 Å². The zero-order chi connectivity index (χ0) is 15.9. The van der Waals surface area contributed by atoms with Crippen LogP contribution in [0.2, 0.25) is 5.02 Å². The minimum Gasteiger partial charge on any atom is -0.493 e. The van der Waals surface area contributed by atoms with E-state index in [1.807, 2.05) is 0 Å². The molecule has 0 unspecified atom stereocenters. The van der Waals surface area contributed by atoms with Crippen molar-refractivity contribution in [2.75, 3.05) is 7.11 Å². The van der Waals surface area contributed by atoms with E-state index >= 15 is 0 Å². The first-order valence-corrected chi connectivity index (χ1v) is 6.53. The van der Waals surface area contributed by atoms with Crippen LogP contribution in [-0.2, 0) is 6.18 Å². The Bertz CT molecular complexity index is 845. The van der Waals surface area contributed by atoms with Crippen LogP contribution in [-0.4, -0.2) is 21.7 Å². The van der Waals surface area contributed by atoms with Gasteiger partial charge in [-0.15, -0.1) is 0 Å². The predicted octanol–water partition coefficient (Wildman–Crippen LogP) is 4.08. The van der Waals surface area contributed by atoms with Crippen LogP contribution in [0.25, 0.3) is 16.9 Å². The second kappa shape index (κ2) is 5.17. The van der Waals surface area contributed by atoms with E-state index in [0.717, 1.165) is 12.1 Å². The van der Waals surface area contributed by atoms with Gasteiger partial charge in [-0.25, -0.2) is 9.50 Å². The van der Waals surface area contributed by atoms with Gasteiger partial charge in [0.1, 0.15) is 6.33 Å². The lowest BCUT2D eigenvalue weighted by Crippen LogP contribution is -2.05. The first-order valence-electron chi connectivity index (χ1n) is 6.15. The summed E-state index contributed by atoms with van der Waals surface area (Å²) in [5, 5.41) is 4.04. The van der Waals surface area contributed by atoms with Gasteiger partial charge in [0.2, 0.25) is 0 Å². The Hall–Kier alpha value is -2.28. The fourth-order valence-electron chi connectivity index (χ4n) is 2.15. The van der Waals surface area contributed by atoms with Crippen molar-refractivity contribution in [3.05, 3.63) is 47.2 Å². The summed E-state index contributed by atoms with van der Waals surface area (Å²) in [6, 6.07) is 6.51. The van der Waals surface area contributed by atoms with Crippen LogP contribution in [0.3, 0.4) is 0 Å². The number of methoxy groups -OCH3 is 1. The number of hydrogen-bond donors (Lipinski definition) is 0. The van der Waals surface area contributed by atoms with Crippen molar-refractivity contribution in [3.63, 3.8) is 0 Å². The molecule has 8 heteroatoms. The minimum atomic E-state index is -4.44. The average molecular weight is 328 g/mol. The number of nitrogens with zero attached hydrogens (tertiary/aromatic N) is 3. The molecule has 0 fully saturated rings. The van der Waals surface area contributed by atoms with Crippen molar-refractivity contribution >= 4 is 17.2 Å². The Labute approximate surface area is 128 Å². The molecule has 0 spiro atoms. The Morgan fingerprint density at radius 2 is 1.95 bits per heavy atom. The quantitative estimate of drug-likeness (QED) is 0.712. The molecular weight excluding hydrogens is 319 g/mol. The van der Waals surface area contributed by atoms with Crippen molar-refractivity contribution in [2.24, 2.45) is 0 Å². The molecule has 0 saturated carbocycles. The Kier molecular flexibility index (Phi) is 3.44. The normalized spacial score (nSPS) is 11.9. The van der Waals surface area contributed by atoms with Crippen LogP contribution in [0.15, 0.2) is 36.7 Å². The van der Waals surface area contributed by atoms with Crippen molar-refractivity contribution in [1.82, 2.24) is 14.6 Å². The van der Waals surface area contributed by atoms with E-state index in [9.17, 15) is 13.2 Å². The van der Waals surface area contributed by atoms with E-state index in [-0.39, 0.29) is 5.02 Å². The van der Waals surface area contributed by atoms with Crippen LogP contribution in [0.5, 0.6) is 5.75 Å². The smallest absolute Gasteiger partial charge is 0.416 e. The van der Waals surface area contributed by atoms with Crippen molar-refractivity contribution in [3.8, 4) is 17.0 Å². The lowest BCUT2D eigenvalue weighted by atomic mass is 10.1. The lowest BCUT2D eigenvalue weighted by molar-refractivity contribution is -0.137. The Balaban J connectivity index is 2.18. The third kappa shape index (κ3) is 2.37. The van der Waals surface area contributed by atoms with Gasteiger partial charge < -0.3 is 4.74 Å². The minimum absolute atomic E-state index is 0.0169. The molecular formula is C14H9ClF3N3O. The highest BCUT2D eigenvalue weighted by Gasteiger charge is 2.31. The van der Waals surface area contributed by atoms with Gasteiger partial charge in [0.25, 0.3) is 0 Å². The van der Waals surface area contributed by atoms with E-state index in [1.54, 1.807) is 12.1 Å². The van der Waals surface area contributed by atoms with Crippen LogP contribution in [0.1, 0.15) is 5.56 Å². The second-order valence-electron chi connectivity index (χ2n) is 4.47. The molecule has 0 aliphatic carbocycles. The standard InChI is InChI=1S/C14H9ClF3N3O/c1-22-12-5-4-11(21-13(12)19-7-20-21)9-3-2-8(6-10(9)15)14(16,17)18/h2-7H,1H3. The van der Waals surface area contributed by atoms with Gasteiger partial charge in [0, 0.05) is 5.56 Å². The summed E-state index contributed by atoms with van der Waals surface area (Å²) in [6.45, 7) is 0. The molecule has 22 heavy (non-hydrogen) atoms. The summed E-state index contributed by atoms with van der Waals surface area (Å²) in [7, 11) is 1.49. The Morgan fingerprint density at radius 1 is 1.18 bits per heavy atom. The molecule has 0 saturated heterocycles. The molecule has 114 valence electrons. The highest BCUT2D eigenvalue weighted by molar-refractivity contribution is 6.33. The molecule has 0 bridgehead atoms. The maximum absolute atomic E-state index is 12.7. The summed E-state index contributed by atoms with van der Waals surface area (Å²) in [5.41, 5.74) is 0.598. The first-order chi connectivity index (χ1) is 10.4. The topological polar surface area (TPSA) is 39.4 Å². The molecule has 0 aliphatic rings. The maximum Gasteiger partial charge on any atom is 0.416 e. The van der Waals surface area contributed by atoms with Gasteiger partial charge in [0.15, 0.2) is 11.4 Å². The van der Waals surface area contributed by atoms with Gasteiger partial charge in [-0.3, -0.25) is 0 Å². The fraction of sp³-hybridized carbons (Fsp3) is 0.143. The summed E-state index contributed by atoms with van der Waals surface area (Å²) in [4.78, 5) is 4.07. The lowest BCUT2D eigenvalue weighted by Gasteiger charge is -2.11. The summed E-state index contributed by atoms with van der Waals surface area (Å²) >= 11 is 6.02. The average Bonchev–Trinajstić information content (AvgIpc) is 2.95. The molecule has 3 rings (SSSR count). The molecule has 0 atom stereocenters. The largest absolute Gasteiger partial charge is 0.493 e. The second-order valence-corrected chi connectivity index (χ2v) is 4.88. The molecule has 0 amide bonds. The molecule has 3 aromatic rings. The third-order valence-electron chi connectivity index (χ3n) is 3.18. The molecule has 0 radical (unpaired) electrons. The van der Waals surface area contributed by atoms with E-state index < -0.39 is 11.7 Å². The molecule has 2 heterocycles. The number of benzene rings is 1. The fourth-order valence-corrected chi connectivity index (χ4v) is 2.43. The highest BCUT2D eigenvalue weighted by Crippen LogP contribution is 2.36. The zero-order valence-electron chi connectivity index (χ0n) is 11.2. The molecule has 2 aromatic heterocycles. The van der Waals surface area contributed by atoms with Gasteiger partial charge in [-0.05, 0) is 24.3 Å². The van der Waals surface area contributed by atoms with Crippen LogP contribution < -0.4 is 4.74 Å². The summed E-state index contributed by atoms with van der Waals surface area (Å²) in [6.07, 6.45) is -3.11. The SMILES string of the molecule is COc1ccc(-c2ccc(C(F)(F)F)cc2Cl)n2ncnc12. The van der Waals surface area contributed by atoms with Crippen molar-refractivity contribution < 1.29 is 17.9 Å².